The first-order valence-electron chi connectivity index (χ1n) is 6.01. The zero-order valence-corrected chi connectivity index (χ0v) is 10.3. The molecule has 0 fully saturated rings. The Balaban J connectivity index is 1.87. The minimum Gasteiger partial charge on any atom is -0.428 e. The number of hydrogen-bond donors (Lipinski definition) is 1. The monoisotopic (exact) mass is 255 g/mol. The first-order valence-corrected chi connectivity index (χ1v) is 6.01. The van der Waals surface area contributed by atoms with Gasteiger partial charge in [0.1, 0.15) is 6.61 Å². The Morgan fingerprint density at radius 1 is 1.11 bits per heavy atom. The van der Waals surface area contributed by atoms with Crippen LogP contribution in [0.25, 0.3) is 11.1 Å². The molecule has 0 amide bonds. The van der Waals surface area contributed by atoms with E-state index in [2.05, 4.69) is 23.0 Å². The van der Waals surface area contributed by atoms with Gasteiger partial charge in [-0.05, 0) is 40.3 Å². The SMILES string of the molecule is NOC(=O)OCc1ccc2c(c1)-c1ccccc1C2. The number of ether oxygens (including phenoxy) is 1. The third-order valence-electron chi connectivity index (χ3n) is 3.32. The van der Waals surface area contributed by atoms with E-state index in [1.54, 1.807) is 0 Å². The van der Waals surface area contributed by atoms with E-state index in [-0.39, 0.29) is 6.61 Å². The van der Waals surface area contributed by atoms with Crippen molar-refractivity contribution in [2.24, 2.45) is 5.90 Å². The molecule has 0 aromatic heterocycles. The van der Waals surface area contributed by atoms with Crippen molar-refractivity contribution < 1.29 is 14.4 Å². The summed E-state index contributed by atoms with van der Waals surface area (Å²) >= 11 is 0. The number of carbonyl (C=O) groups excluding carboxylic acids is 1. The molecule has 0 spiro atoms. The predicted octanol–water partition coefficient (Wildman–Crippen LogP) is 2.78. The molecular weight excluding hydrogens is 242 g/mol. The van der Waals surface area contributed by atoms with Gasteiger partial charge in [-0.1, -0.05) is 36.4 Å². The van der Waals surface area contributed by atoms with Crippen LogP contribution in [0.4, 0.5) is 4.79 Å². The minimum absolute atomic E-state index is 0.158. The van der Waals surface area contributed by atoms with Gasteiger partial charge in [0.05, 0.1) is 0 Å². The average molecular weight is 255 g/mol. The highest BCUT2D eigenvalue weighted by Gasteiger charge is 2.18. The second kappa shape index (κ2) is 4.74. The molecule has 0 unspecified atom stereocenters. The molecule has 0 atom stereocenters. The maximum absolute atomic E-state index is 10.8. The summed E-state index contributed by atoms with van der Waals surface area (Å²) in [7, 11) is 0. The molecule has 0 saturated heterocycles. The first-order chi connectivity index (χ1) is 9.28. The average Bonchev–Trinajstić information content (AvgIpc) is 2.82. The third kappa shape index (κ3) is 2.18. The Kier molecular flexibility index (Phi) is 2.93. The summed E-state index contributed by atoms with van der Waals surface area (Å²) in [5.41, 5.74) is 6.00. The summed E-state index contributed by atoms with van der Waals surface area (Å²) < 4.78 is 4.84. The van der Waals surface area contributed by atoms with Crippen molar-refractivity contribution in [3.8, 4) is 11.1 Å². The Hall–Kier alpha value is -2.33. The molecule has 1 aliphatic carbocycles. The van der Waals surface area contributed by atoms with E-state index in [1.165, 1.54) is 22.3 Å². The number of carbonyl (C=O) groups is 1. The Morgan fingerprint density at radius 3 is 2.74 bits per heavy atom. The van der Waals surface area contributed by atoms with Crippen LogP contribution in [0, 0.1) is 0 Å². The van der Waals surface area contributed by atoms with Crippen LogP contribution in [-0.4, -0.2) is 6.16 Å². The Bertz CT molecular complexity index is 637. The summed E-state index contributed by atoms with van der Waals surface area (Å²) in [6.07, 6.45) is 0.0817. The summed E-state index contributed by atoms with van der Waals surface area (Å²) in [5, 5.41) is 0. The molecule has 0 aliphatic heterocycles. The molecule has 4 heteroatoms. The smallest absolute Gasteiger partial charge is 0.428 e. The highest BCUT2D eigenvalue weighted by Crippen LogP contribution is 2.36. The van der Waals surface area contributed by atoms with Crippen molar-refractivity contribution in [3.63, 3.8) is 0 Å². The zero-order valence-electron chi connectivity index (χ0n) is 10.3. The number of rotatable bonds is 2. The largest absolute Gasteiger partial charge is 0.527 e. The van der Waals surface area contributed by atoms with Crippen LogP contribution >= 0.6 is 0 Å². The first kappa shape index (κ1) is 11.7. The van der Waals surface area contributed by atoms with E-state index in [0.717, 1.165) is 12.0 Å². The number of fused-ring (bicyclic) bond motifs is 3. The lowest BCUT2D eigenvalue weighted by atomic mass is 10.0. The van der Waals surface area contributed by atoms with Gasteiger partial charge >= 0.3 is 6.16 Å². The van der Waals surface area contributed by atoms with Crippen molar-refractivity contribution in [2.75, 3.05) is 0 Å². The van der Waals surface area contributed by atoms with E-state index >= 15 is 0 Å². The van der Waals surface area contributed by atoms with Crippen molar-refractivity contribution in [1.82, 2.24) is 0 Å². The molecule has 0 heterocycles. The predicted molar refractivity (Wildman–Crippen MR) is 70.1 cm³/mol. The molecule has 3 rings (SSSR count). The highest BCUT2D eigenvalue weighted by atomic mass is 16.8. The van der Waals surface area contributed by atoms with Crippen LogP contribution in [-0.2, 0) is 22.6 Å². The van der Waals surface area contributed by atoms with E-state index in [4.69, 9.17) is 10.6 Å². The molecule has 0 saturated carbocycles. The van der Waals surface area contributed by atoms with E-state index in [9.17, 15) is 4.79 Å². The summed E-state index contributed by atoms with van der Waals surface area (Å²) in [6, 6.07) is 14.4. The minimum atomic E-state index is -0.874. The van der Waals surface area contributed by atoms with E-state index in [1.807, 2.05) is 24.3 Å². The fourth-order valence-corrected chi connectivity index (χ4v) is 2.44. The molecule has 1 aliphatic rings. The maximum Gasteiger partial charge on any atom is 0.527 e. The second-order valence-electron chi connectivity index (χ2n) is 4.48. The fourth-order valence-electron chi connectivity index (χ4n) is 2.44. The standard InChI is InChI=1S/C15H13NO3/c16-19-15(17)18-9-10-5-6-12-8-11-3-1-2-4-13(11)14(12)7-10/h1-7H,8-9,16H2. The van der Waals surface area contributed by atoms with Gasteiger partial charge in [0.2, 0.25) is 0 Å². The van der Waals surface area contributed by atoms with Gasteiger partial charge in [-0.2, -0.15) is 5.90 Å². The van der Waals surface area contributed by atoms with Gasteiger partial charge in [-0.3, -0.25) is 0 Å². The van der Waals surface area contributed by atoms with Gasteiger partial charge in [-0.15, -0.1) is 0 Å². The summed E-state index contributed by atoms with van der Waals surface area (Å²) in [4.78, 5) is 14.8. The molecule has 0 radical (unpaired) electrons. The lowest BCUT2D eigenvalue weighted by molar-refractivity contribution is 0.0497. The quantitative estimate of drug-likeness (QED) is 0.565. The van der Waals surface area contributed by atoms with Crippen molar-refractivity contribution in [3.05, 3.63) is 59.2 Å². The van der Waals surface area contributed by atoms with E-state index < -0.39 is 6.16 Å². The number of benzene rings is 2. The Morgan fingerprint density at radius 2 is 1.89 bits per heavy atom. The molecule has 96 valence electrons. The van der Waals surface area contributed by atoms with Crippen molar-refractivity contribution in [2.45, 2.75) is 13.0 Å². The molecule has 2 aromatic rings. The topological polar surface area (TPSA) is 61.5 Å². The maximum atomic E-state index is 10.8. The van der Waals surface area contributed by atoms with Crippen LogP contribution in [0.2, 0.25) is 0 Å². The van der Waals surface area contributed by atoms with E-state index in [0.29, 0.717) is 0 Å². The molecule has 2 N–H and O–H groups in total. The normalized spacial score (nSPS) is 11.6. The van der Waals surface area contributed by atoms with Crippen LogP contribution in [0.1, 0.15) is 16.7 Å². The lowest BCUT2D eigenvalue weighted by Gasteiger charge is -2.06. The molecular formula is C15H13NO3. The van der Waals surface area contributed by atoms with Crippen molar-refractivity contribution >= 4 is 6.16 Å². The summed E-state index contributed by atoms with van der Waals surface area (Å²) in [6.45, 7) is 0.158. The summed E-state index contributed by atoms with van der Waals surface area (Å²) in [5.74, 6) is 4.72. The number of nitrogens with two attached hydrogens (primary N) is 1. The van der Waals surface area contributed by atoms with Crippen molar-refractivity contribution in [1.29, 1.82) is 0 Å². The van der Waals surface area contributed by atoms with Gasteiger partial charge in [0, 0.05) is 0 Å². The molecule has 19 heavy (non-hydrogen) atoms. The van der Waals surface area contributed by atoms with Crippen LogP contribution in [0.15, 0.2) is 42.5 Å². The third-order valence-corrected chi connectivity index (χ3v) is 3.32. The van der Waals surface area contributed by atoms with Crippen LogP contribution in [0.5, 0.6) is 0 Å². The fraction of sp³-hybridized carbons (Fsp3) is 0.133. The van der Waals surface area contributed by atoms with Crippen LogP contribution in [0.3, 0.4) is 0 Å². The number of hydrogen-bond acceptors (Lipinski definition) is 4. The van der Waals surface area contributed by atoms with Gasteiger partial charge in [-0.25, -0.2) is 4.79 Å². The molecule has 4 nitrogen and oxygen atoms in total. The molecule has 0 bridgehead atoms. The van der Waals surface area contributed by atoms with Gasteiger partial charge in [0.15, 0.2) is 0 Å². The molecule has 2 aromatic carbocycles. The highest BCUT2D eigenvalue weighted by molar-refractivity contribution is 5.77. The Labute approximate surface area is 110 Å². The van der Waals surface area contributed by atoms with Gasteiger partial charge in [0.25, 0.3) is 0 Å². The zero-order chi connectivity index (χ0) is 13.2. The second-order valence-corrected chi connectivity index (χ2v) is 4.48. The van der Waals surface area contributed by atoms with Crippen LogP contribution < -0.4 is 5.90 Å². The lowest BCUT2D eigenvalue weighted by Crippen LogP contribution is -2.11. The van der Waals surface area contributed by atoms with Gasteiger partial charge < -0.3 is 9.57 Å².